The fourth-order valence-corrected chi connectivity index (χ4v) is 7.02. The molecule has 5 rings (SSSR count). The monoisotopic (exact) mass is 538 g/mol. The molecule has 37 heavy (non-hydrogen) atoms. The van der Waals surface area contributed by atoms with Gasteiger partial charge in [0.25, 0.3) is 0 Å². The highest BCUT2D eigenvalue weighted by Crippen LogP contribution is 2.57. The van der Waals surface area contributed by atoms with Crippen LogP contribution in [-0.4, -0.2) is 59.8 Å². The van der Waals surface area contributed by atoms with Crippen molar-refractivity contribution in [3.8, 4) is 11.1 Å². The maximum Gasteiger partial charge on any atom is 0.325 e. The molecular weight excluding hydrogens is 512 g/mol. The average molecular weight is 539 g/mol. The molecule has 1 N–H and O–H groups in total. The lowest BCUT2D eigenvalue weighted by atomic mass is 10.1. The number of rotatable bonds is 8. The Hall–Kier alpha value is -3.20. The molecule has 2 unspecified atom stereocenters. The quantitative estimate of drug-likeness (QED) is 0.451. The van der Waals surface area contributed by atoms with Crippen molar-refractivity contribution in [1.82, 2.24) is 9.21 Å². The van der Waals surface area contributed by atoms with Gasteiger partial charge in [0.1, 0.15) is 5.54 Å². The van der Waals surface area contributed by atoms with Gasteiger partial charge in [0.2, 0.25) is 15.9 Å². The summed E-state index contributed by atoms with van der Waals surface area (Å²) < 4.78 is 29.0. The van der Waals surface area contributed by atoms with Gasteiger partial charge in [-0.1, -0.05) is 66.2 Å². The minimum atomic E-state index is -4.33. The Balaban J connectivity index is 1.52. The minimum absolute atomic E-state index is 0.0567. The third kappa shape index (κ3) is 4.77. The van der Waals surface area contributed by atoms with Crippen molar-refractivity contribution in [2.24, 2.45) is 0 Å². The Morgan fingerprint density at radius 1 is 0.919 bits per heavy atom. The maximum absolute atomic E-state index is 14.0. The van der Waals surface area contributed by atoms with E-state index in [0.29, 0.717) is 18.1 Å². The maximum atomic E-state index is 14.0. The number of hydrogen-bond acceptors (Lipinski definition) is 4. The van der Waals surface area contributed by atoms with E-state index in [1.54, 1.807) is 53.4 Å². The average Bonchev–Trinajstić information content (AvgIpc) is 3.41. The van der Waals surface area contributed by atoms with Crippen molar-refractivity contribution in [2.45, 2.75) is 35.6 Å². The van der Waals surface area contributed by atoms with Crippen LogP contribution in [0, 0.1) is 0 Å². The molecule has 0 aromatic heterocycles. The summed E-state index contributed by atoms with van der Waals surface area (Å²) in [7, 11) is -4.33. The van der Waals surface area contributed by atoms with Crippen LogP contribution in [0.3, 0.4) is 0 Å². The van der Waals surface area contributed by atoms with Crippen molar-refractivity contribution < 1.29 is 23.1 Å². The van der Waals surface area contributed by atoms with Crippen LogP contribution in [0.2, 0.25) is 5.02 Å². The molecule has 9 heteroatoms. The first-order valence-electron chi connectivity index (χ1n) is 12.2. The van der Waals surface area contributed by atoms with Crippen molar-refractivity contribution >= 4 is 33.5 Å². The molecule has 3 aromatic carbocycles. The van der Waals surface area contributed by atoms with Crippen molar-refractivity contribution in [3.63, 3.8) is 0 Å². The summed E-state index contributed by atoms with van der Waals surface area (Å²) in [5.41, 5.74) is 0.654. The third-order valence-corrected chi connectivity index (χ3v) is 9.46. The molecule has 2 aliphatic rings. The predicted octanol–water partition coefficient (Wildman–Crippen LogP) is 4.63. The zero-order valence-electron chi connectivity index (χ0n) is 20.1. The zero-order chi connectivity index (χ0) is 26.2. The van der Waals surface area contributed by atoms with Crippen LogP contribution in [0.25, 0.3) is 11.1 Å². The van der Waals surface area contributed by atoms with Gasteiger partial charge in [0.15, 0.2) is 0 Å². The number of carboxylic acid groups (broad SMARTS) is 1. The Kier molecular flexibility index (Phi) is 6.83. The lowest BCUT2D eigenvalue weighted by Crippen LogP contribution is -2.52. The lowest BCUT2D eigenvalue weighted by Gasteiger charge is -2.30. The number of nitrogens with zero attached hydrogens (tertiary/aromatic N) is 2. The highest BCUT2D eigenvalue weighted by molar-refractivity contribution is 7.89. The van der Waals surface area contributed by atoms with Crippen LogP contribution in [0.5, 0.6) is 0 Å². The van der Waals surface area contributed by atoms with E-state index >= 15 is 0 Å². The molecule has 1 aliphatic heterocycles. The van der Waals surface area contributed by atoms with Gasteiger partial charge in [-0.2, -0.15) is 4.31 Å². The van der Waals surface area contributed by atoms with Crippen molar-refractivity contribution in [3.05, 3.63) is 89.4 Å². The van der Waals surface area contributed by atoms with Gasteiger partial charge >= 0.3 is 5.97 Å². The van der Waals surface area contributed by atoms with Gasteiger partial charge in [-0.3, -0.25) is 9.59 Å². The molecule has 1 heterocycles. The number of carbonyl (C=O) groups is 2. The first-order chi connectivity index (χ1) is 17.7. The topological polar surface area (TPSA) is 95.0 Å². The van der Waals surface area contributed by atoms with Gasteiger partial charge in [0, 0.05) is 24.0 Å². The van der Waals surface area contributed by atoms with E-state index in [9.17, 15) is 23.1 Å². The molecule has 2 atom stereocenters. The number of likely N-dealkylation sites (tertiary alicyclic amines) is 1. The highest BCUT2D eigenvalue weighted by atomic mass is 35.5. The standard InChI is InChI=1S/C28H27ClN2O5S/c29-23-12-8-20(9-13-23)21-10-14-24(15-11-21)37(35,36)31(19-26(32)30-16-4-5-17-30)28(27(33)34)18-25(28)22-6-2-1-3-7-22/h1-3,6-15,25H,4-5,16-19H2,(H,33,34). The van der Waals surface area contributed by atoms with E-state index in [-0.39, 0.29) is 17.2 Å². The van der Waals surface area contributed by atoms with Crippen LogP contribution in [0.4, 0.5) is 0 Å². The molecule has 0 spiro atoms. The largest absolute Gasteiger partial charge is 0.480 e. The first kappa shape index (κ1) is 25.4. The summed E-state index contributed by atoms with van der Waals surface area (Å²) in [6.07, 6.45) is 1.80. The summed E-state index contributed by atoms with van der Waals surface area (Å²) in [6.45, 7) is 0.576. The number of aliphatic carboxylic acids is 1. The number of carbonyl (C=O) groups excluding carboxylic acids is 1. The second-order valence-corrected chi connectivity index (χ2v) is 11.8. The molecule has 192 valence electrons. The summed E-state index contributed by atoms with van der Waals surface area (Å²) in [5.74, 6) is -2.18. The van der Waals surface area contributed by atoms with Gasteiger partial charge < -0.3 is 10.0 Å². The molecule has 3 aromatic rings. The molecule has 7 nitrogen and oxygen atoms in total. The smallest absolute Gasteiger partial charge is 0.325 e. The van der Waals surface area contributed by atoms with Gasteiger partial charge in [-0.25, -0.2) is 8.42 Å². The van der Waals surface area contributed by atoms with Crippen LogP contribution >= 0.6 is 11.6 Å². The summed E-state index contributed by atoms with van der Waals surface area (Å²) in [5, 5.41) is 11.0. The molecular formula is C28H27ClN2O5S. The van der Waals surface area contributed by atoms with Crippen LogP contribution < -0.4 is 0 Å². The molecule has 1 saturated carbocycles. The summed E-state index contributed by atoms with van der Waals surface area (Å²) in [6, 6.07) is 22.4. The Morgan fingerprint density at radius 2 is 1.49 bits per heavy atom. The van der Waals surface area contributed by atoms with E-state index in [1.165, 1.54) is 12.1 Å². The van der Waals surface area contributed by atoms with Crippen LogP contribution in [-0.2, 0) is 19.6 Å². The lowest BCUT2D eigenvalue weighted by molar-refractivity contribution is -0.144. The number of carboxylic acids is 1. The van der Waals surface area contributed by atoms with E-state index < -0.39 is 34.0 Å². The highest BCUT2D eigenvalue weighted by Gasteiger charge is 2.68. The third-order valence-electron chi connectivity index (χ3n) is 7.31. The molecule has 0 bridgehead atoms. The van der Waals surface area contributed by atoms with Gasteiger partial charge in [0.05, 0.1) is 11.4 Å². The molecule has 2 fully saturated rings. The Morgan fingerprint density at radius 3 is 2.05 bits per heavy atom. The van der Waals surface area contributed by atoms with E-state index in [2.05, 4.69) is 0 Å². The fourth-order valence-electron chi connectivity index (χ4n) is 5.17. The van der Waals surface area contributed by atoms with Crippen molar-refractivity contribution in [1.29, 1.82) is 0 Å². The van der Waals surface area contributed by atoms with Gasteiger partial charge in [-0.05, 0) is 60.2 Å². The Labute approximate surface area is 221 Å². The minimum Gasteiger partial charge on any atom is -0.480 e. The van der Waals surface area contributed by atoms with E-state index in [1.807, 2.05) is 18.2 Å². The molecule has 1 aliphatic carbocycles. The summed E-state index contributed by atoms with van der Waals surface area (Å²) in [4.78, 5) is 27.4. The Bertz CT molecular complexity index is 1410. The van der Waals surface area contributed by atoms with E-state index in [0.717, 1.165) is 33.8 Å². The molecule has 1 amide bonds. The van der Waals surface area contributed by atoms with Crippen LogP contribution in [0.1, 0.15) is 30.7 Å². The van der Waals surface area contributed by atoms with E-state index in [4.69, 9.17) is 11.6 Å². The molecule has 1 saturated heterocycles. The number of benzene rings is 3. The second kappa shape index (κ2) is 9.93. The second-order valence-electron chi connectivity index (χ2n) is 9.53. The number of halogens is 1. The number of amides is 1. The van der Waals surface area contributed by atoms with Crippen molar-refractivity contribution in [2.75, 3.05) is 19.6 Å². The number of hydrogen-bond donors (Lipinski definition) is 1. The van der Waals surface area contributed by atoms with Gasteiger partial charge in [-0.15, -0.1) is 0 Å². The predicted molar refractivity (Wildman–Crippen MR) is 141 cm³/mol. The van der Waals surface area contributed by atoms with Crippen LogP contribution in [0.15, 0.2) is 83.8 Å². The summed E-state index contributed by atoms with van der Waals surface area (Å²) >= 11 is 5.97. The zero-order valence-corrected chi connectivity index (χ0v) is 21.7. The normalized spacial score (nSPS) is 21.2. The first-order valence-corrected chi connectivity index (χ1v) is 14.0. The SMILES string of the molecule is O=C(CN(C1(C(=O)O)CC1c1ccccc1)S(=O)(=O)c1ccc(-c2ccc(Cl)cc2)cc1)N1CCCC1. The number of sulfonamides is 1. The molecule has 0 radical (unpaired) electrons. The fraction of sp³-hybridized carbons (Fsp3) is 0.286.